The van der Waals surface area contributed by atoms with E-state index < -0.39 is 24.0 Å². The van der Waals surface area contributed by atoms with Gasteiger partial charge in [0.15, 0.2) is 0 Å². The van der Waals surface area contributed by atoms with Crippen molar-refractivity contribution < 1.29 is 28.2 Å². The Hall–Kier alpha value is -2.64. The van der Waals surface area contributed by atoms with E-state index in [0.29, 0.717) is 5.69 Å². The highest BCUT2D eigenvalue weighted by atomic mass is 19.1. The molecule has 2 rings (SSSR count). The summed E-state index contributed by atoms with van der Waals surface area (Å²) in [4.78, 5) is 36.0. The Bertz CT molecular complexity index is 605. The molecule has 0 spiro atoms. The monoisotopic (exact) mass is 338 g/mol. The number of carbonyl (C=O) groups is 3. The summed E-state index contributed by atoms with van der Waals surface area (Å²) >= 11 is 0. The molecule has 1 fully saturated rings. The summed E-state index contributed by atoms with van der Waals surface area (Å²) in [5, 5.41) is 2.61. The van der Waals surface area contributed by atoms with Crippen LogP contribution < -0.4 is 10.2 Å². The van der Waals surface area contributed by atoms with Crippen molar-refractivity contribution in [3.8, 4) is 0 Å². The molecule has 1 atom stereocenters. The number of ether oxygens (including phenoxy) is 2. The summed E-state index contributed by atoms with van der Waals surface area (Å²) in [6.45, 7) is 2.37. The van der Waals surface area contributed by atoms with Crippen molar-refractivity contribution in [3.05, 3.63) is 30.1 Å². The lowest BCUT2D eigenvalue weighted by atomic mass is 10.2. The van der Waals surface area contributed by atoms with Gasteiger partial charge in [-0.25, -0.2) is 9.18 Å². The van der Waals surface area contributed by atoms with Crippen molar-refractivity contribution in [1.82, 2.24) is 5.32 Å². The number of nitrogens with one attached hydrogen (secondary N) is 1. The number of nitrogens with zero attached hydrogens (tertiary/aromatic N) is 1. The molecular weight excluding hydrogens is 319 g/mol. The molecule has 1 saturated heterocycles. The third kappa shape index (κ3) is 4.94. The summed E-state index contributed by atoms with van der Waals surface area (Å²) in [6, 6.07) is 5.48. The lowest BCUT2D eigenvalue weighted by molar-refractivity contribution is -0.144. The molecule has 24 heavy (non-hydrogen) atoms. The molecule has 2 amide bonds. The highest BCUT2D eigenvalue weighted by Gasteiger charge is 2.32. The topological polar surface area (TPSA) is 84.9 Å². The lowest BCUT2D eigenvalue weighted by Gasteiger charge is -2.13. The van der Waals surface area contributed by atoms with E-state index >= 15 is 0 Å². The van der Waals surface area contributed by atoms with Gasteiger partial charge in [0.25, 0.3) is 0 Å². The fourth-order valence-electron chi connectivity index (χ4n) is 2.22. The molecule has 1 N–H and O–H groups in total. The maximum Gasteiger partial charge on any atom is 0.414 e. The van der Waals surface area contributed by atoms with Crippen LogP contribution in [0.15, 0.2) is 24.3 Å². The van der Waals surface area contributed by atoms with Crippen LogP contribution in [-0.4, -0.2) is 43.8 Å². The maximum atomic E-state index is 12.9. The Balaban J connectivity index is 1.76. The number of benzene rings is 1. The van der Waals surface area contributed by atoms with Crippen LogP contribution in [0.4, 0.5) is 14.9 Å². The van der Waals surface area contributed by atoms with Crippen molar-refractivity contribution in [1.29, 1.82) is 0 Å². The second kappa shape index (κ2) is 8.28. The molecule has 0 saturated carbocycles. The fraction of sp³-hybridized carbons (Fsp3) is 0.438. The Labute approximate surface area is 138 Å². The summed E-state index contributed by atoms with van der Waals surface area (Å²) in [7, 11) is 0. The normalized spacial score (nSPS) is 16.7. The Morgan fingerprint density at radius 1 is 1.33 bits per heavy atom. The first-order valence-electron chi connectivity index (χ1n) is 7.65. The van der Waals surface area contributed by atoms with Gasteiger partial charge < -0.3 is 14.8 Å². The van der Waals surface area contributed by atoms with Crippen LogP contribution in [0, 0.1) is 5.82 Å². The van der Waals surface area contributed by atoms with Crippen LogP contribution in [0.3, 0.4) is 0 Å². The van der Waals surface area contributed by atoms with E-state index in [-0.39, 0.29) is 38.4 Å². The molecule has 7 nitrogen and oxygen atoms in total. The van der Waals surface area contributed by atoms with E-state index in [4.69, 9.17) is 9.47 Å². The van der Waals surface area contributed by atoms with E-state index in [9.17, 15) is 18.8 Å². The smallest absolute Gasteiger partial charge is 0.414 e. The first-order chi connectivity index (χ1) is 11.5. The van der Waals surface area contributed by atoms with Crippen LogP contribution in [0.1, 0.15) is 19.8 Å². The predicted octanol–water partition coefficient (Wildman–Crippen LogP) is 1.61. The van der Waals surface area contributed by atoms with E-state index in [0.717, 1.165) is 0 Å². The van der Waals surface area contributed by atoms with Crippen LogP contribution in [-0.2, 0) is 19.1 Å². The largest absolute Gasteiger partial charge is 0.466 e. The van der Waals surface area contributed by atoms with Crippen LogP contribution in [0.5, 0.6) is 0 Å². The Morgan fingerprint density at radius 3 is 2.71 bits per heavy atom. The highest BCUT2D eigenvalue weighted by Crippen LogP contribution is 2.21. The Morgan fingerprint density at radius 2 is 2.04 bits per heavy atom. The number of esters is 1. The second-order valence-electron chi connectivity index (χ2n) is 5.20. The van der Waals surface area contributed by atoms with Gasteiger partial charge in [-0.2, -0.15) is 0 Å². The first kappa shape index (κ1) is 17.7. The Kier molecular flexibility index (Phi) is 6.11. The van der Waals surface area contributed by atoms with Crippen LogP contribution in [0.2, 0.25) is 0 Å². The SMILES string of the molecule is CCOC(=O)CCC(=O)NCC1CN(c2ccc(F)cc2)C(=O)O1. The third-order valence-electron chi connectivity index (χ3n) is 3.40. The van der Waals surface area contributed by atoms with Crippen LogP contribution >= 0.6 is 0 Å². The summed E-state index contributed by atoms with van der Waals surface area (Å²) in [6.07, 6.45) is -1.03. The number of carbonyl (C=O) groups excluding carboxylic acids is 3. The summed E-state index contributed by atoms with van der Waals surface area (Å²) in [5.41, 5.74) is 0.525. The zero-order valence-corrected chi connectivity index (χ0v) is 13.3. The van der Waals surface area contributed by atoms with Crippen LogP contribution in [0.25, 0.3) is 0 Å². The van der Waals surface area contributed by atoms with Gasteiger partial charge in [0, 0.05) is 12.1 Å². The molecule has 1 heterocycles. The summed E-state index contributed by atoms with van der Waals surface area (Å²) in [5.74, 6) is -1.14. The van der Waals surface area contributed by atoms with Crippen molar-refractivity contribution in [2.45, 2.75) is 25.9 Å². The zero-order valence-electron chi connectivity index (χ0n) is 13.3. The van der Waals surface area contributed by atoms with Gasteiger partial charge in [-0.05, 0) is 31.2 Å². The van der Waals surface area contributed by atoms with Gasteiger partial charge in [-0.15, -0.1) is 0 Å². The molecule has 0 aromatic heterocycles. The minimum atomic E-state index is -0.549. The minimum Gasteiger partial charge on any atom is -0.466 e. The molecule has 0 radical (unpaired) electrons. The zero-order chi connectivity index (χ0) is 17.5. The van der Waals surface area contributed by atoms with Crippen molar-refractivity contribution in [3.63, 3.8) is 0 Å². The highest BCUT2D eigenvalue weighted by molar-refractivity contribution is 5.89. The van der Waals surface area contributed by atoms with Gasteiger partial charge in [0.1, 0.15) is 11.9 Å². The number of cyclic esters (lactones) is 1. The molecule has 1 unspecified atom stereocenters. The number of hydrogen-bond donors (Lipinski definition) is 1. The van der Waals surface area contributed by atoms with Gasteiger partial charge in [-0.3, -0.25) is 14.5 Å². The van der Waals surface area contributed by atoms with Crippen molar-refractivity contribution in [2.75, 3.05) is 24.6 Å². The van der Waals surface area contributed by atoms with Crippen molar-refractivity contribution >= 4 is 23.7 Å². The molecule has 1 aromatic rings. The number of anilines is 1. The van der Waals surface area contributed by atoms with Gasteiger partial charge in [0.2, 0.25) is 5.91 Å². The molecule has 130 valence electrons. The van der Waals surface area contributed by atoms with Gasteiger partial charge in [-0.1, -0.05) is 0 Å². The maximum absolute atomic E-state index is 12.9. The standard InChI is InChI=1S/C16H19FN2O5/c1-2-23-15(21)8-7-14(20)18-9-13-10-19(16(22)24-13)12-5-3-11(17)4-6-12/h3-6,13H,2,7-10H2,1H3,(H,18,20). The molecule has 1 aromatic carbocycles. The fourth-order valence-corrected chi connectivity index (χ4v) is 2.22. The average molecular weight is 338 g/mol. The van der Waals surface area contributed by atoms with E-state index in [1.165, 1.54) is 29.2 Å². The van der Waals surface area contributed by atoms with E-state index in [2.05, 4.69) is 5.32 Å². The summed E-state index contributed by atoms with van der Waals surface area (Å²) < 4.78 is 22.8. The van der Waals surface area contributed by atoms with E-state index in [1.807, 2.05) is 0 Å². The number of halogens is 1. The lowest BCUT2D eigenvalue weighted by Crippen LogP contribution is -2.34. The number of rotatable bonds is 7. The number of hydrogen-bond acceptors (Lipinski definition) is 5. The molecule has 1 aliphatic heterocycles. The van der Waals surface area contributed by atoms with E-state index in [1.54, 1.807) is 6.92 Å². The molecular formula is C16H19FN2O5. The average Bonchev–Trinajstić information content (AvgIpc) is 2.93. The molecule has 0 bridgehead atoms. The predicted molar refractivity (Wildman–Crippen MR) is 82.9 cm³/mol. The number of amides is 2. The quantitative estimate of drug-likeness (QED) is 0.764. The van der Waals surface area contributed by atoms with Gasteiger partial charge in [0.05, 0.1) is 26.1 Å². The third-order valence-corrected chi connectivity index (χ3v) is 3.40. The first-order valence-corrected chi connectivity index (χ1v) is 7.65. The van der Waals surface area contributed by atoms with Gasteiger partial charge >= 0.3 is 12.1 Å². The second-order valence-corrected chi connectivity index (χ2v) is 5.20. The molecule has 8 heteroatoms. The molecule has 1 aliphatic rings. The minimum absolute atomic E-state index is 0.00579. The molecule has 0 aliphatic carbocycles. The van der Waals surface area contributed by atoms with Crippen molar-refractivity contribution in [2.24, 2.45) is 0 Å².